The van der Waals surface area contributed by atoms with Gasteiger partial charge in [-0.25, -0.2) is 9.59 Å². The molecule has 1 aliphatic heterocycles. The van der Waals surface area contributed by atoms with Crippen molar-refractivity contribution in [3.05, 3.63) is 60.2 Å². The summed E-state index contributed by atoms with van der Waals surface area (Å²) in [7, 11) is 0. The van der Waals surface area contributed by atoms with Crippen LogP contribution < -0.4 is 10.2 Å². The Kier molecular flexibility index (Phi) is 12.4. The van der Waals surface area contributed by atoms with Crippen molar-refractivity contribution in [2.24, 2.45) is 5.92 Å². The Bertz CT molecular complexity index is 1110. The lowest BCUT2D eigenvalue weighted by Crippen LogP contribution is -2.41. The number of fused-ring (bicyclic) bond motifs is 2. The summed E-state index contributed by atoms with van der Waals surface area (Å²) in [4.78, 5) is 39.2. The summed E-state index contributed by atoms with van der Waals surface area (Å²) in [6, 6.07) is 15.0. The number of rotatable bonds is 11. The van der Waals surface area contributed by atoms with Crippen molar-refractivity contribution < 1.29 is 24.6 Å². The number of amides is 1. The number of carboxylic acids is 2. The molecule has 38 heavy (non-hydrogen) atoms. The maximum atomic E-state index is 12.8. The zero-order valence-electron chi connectivity index (χ0n) is 22.8. The van der Waals surface area contributed by atoms with E-state index in [4.69, 9.17) is 10.2 Å². The van der Waals surface area contributed by atoms with Gasteiger partial charge in [-0.2, -0.15) is 0 Å². The number of carbonyl (C=O) groups excluding carboxylic acids is 1. The predicted molar refractivity (Wildman–Crippen MR) is 153 cm³/mol. The van der Waals surface area contributed by atoms with E-state index in [0.29, 0.717) is 30.7 Å². The van der Waals surface area contributed by atoms with Crippen molar-refractivity contribution in [2.75, 3.05) is 31.1 Å². The summed E-state index contributed by atoms with van der Waals surface area (Å²) in [6.45, 7) is 14.8. The fourth-order valence-electron chi connectivity index (χ4n) is 4.05. The number of aliphatic carboxylic acids is 2. The normalized spacial score (nSPS) is 13.0. The van der Waals surface area contributed by atoms with E-state index in [9.17, 15) is 14.4 Å². The quantitative estimate of drug-likeness (QED) is 0.320. The topological polar surface area (TPSA) is 110 Å². The average molecular weight is 542 g/mol. The third-order valence-electron chi connectivity index (χ3n) is 6.06. The van der Waals surface area contributed by atoms with E-state index in [1.165, 1.54) is 15.5 Å². The van der Waals surface area contributed by atoms with Crippen molar-refractivity contribution in [1.29, 1.82) is 0 Å². The van der Waals surface area contributed by atoms with Gasteiger partial charge in [-0.3, -0.25) is 4.79 Å². The summed E-state index contributed by atoms with van der Waals surface area (Å²) < 4.78 is 0. The second-order valence-corrected chi connectivity index (χ2v) is 10.5. The van der Waals surface area contributed by atoms with Gasteiger partial charge in [0.2, 0.25) is 0 Å². The molecule has 8 nitrogen and oxygen atoms in total. The van der Waals surface area contributed by atoms with Crippen LogP contribution >= 0.6 is 11.8 Å². The fraction of sp³-hybridized carbons (Fsp3) is 0.414. The molecule has 0 fully saturated rings. The van der Waals surface area contributed by atoms with Crippen LogP contribution in [0.1, 0.15) is 51.4 Å². The molecule has 9 heteroatoms. The van der Waals surface area contributed by atoms with Gasteiger partial charge in [0.25, 0.3) is 5.91 Å². The molecule has 1 atom stereocenters. The fourth-order valence-corrected chi connectivity index (χ4v) is 5.11. The van der Waals surface area contributed by atoms with Gasteiger partial charge in [0.15, 0.2) is 0 Å². The largest absolute Gasteiger partial charge is 0.478 e. The summed E-state index contributed by atoms with van der Waals surface area (Å²) in [6.07, 6.45) is 2.11. The maximum Gasteiger partial charge on any atom is 0.328 e. The minimum Gasteiger partial charge on any atom is -0.478 e. The lowest BCUT2D eigenvalue weighted by atomic mass is 10.1. The van der Waals surface area contributed by atoms with Crippen molar-refractivity contribution in [1.82, 2.24) is 10.2 Å². The highest BCUT2D eigenvalue weighted by atomic mass is 32.2. The number of benzene rings is 2. The number of carboxylic acid groups (broad SMARTS) is 2. The predicted octanol–water partition coefficient (Wildman–Crippen LogP) is 5.51. The molecule has 0 bridgehead atoms. The van der Waals surface area contributed by atoms with Crippen molar-refractivity contribution in [3.8, 4) is 0 Å². The number of para-hydroxylation sites is 1. The Morgan fingerprint density at radius 1 is 0.947 bits per heavy atom. The van der Waals surface area contributed by atoms with Gasteiger partial charge < -0.3 is 25.3 Å². The minimum atomic E-state index is -1.26. The zero-order valence-corrected chi connectivity index (χ0v) is 23.6. The molecule has 1 heterocycles. The lowest BCUT2D eigenvalue weighted by Gasteiger charge is -2.39. The van der Waals surface area contributed by atoms with Crippen LogP contribution in [-0.4, -0.2) is 65.2 Å². The molecule has 3 N–H and O–H groups in total. The minimum absolute atomic E-state index is 0.0126. The third kappa shape index (κ3) is 9.22. The summed E-state index contributed by atoms with van der Waals surface area (Å²) in [5, 5.41) is 18.7. The zero-order chi connectivity index (χ0) is 28.2. The van der Waals surface area contributed by atoms with Gasteiger partial charge in [0.05, 0.1) is 11.4 Å². The number of anilines is 2. The van der Waals surface area contributed by atoms with Crippen LogP contribution in [-0.2, 0) is 9.59 Å². The number of hydrogen-bond acceptors (Lipinski definition) is 6. The van der Waals surface area contributed by atoms with E-state index < -0.39 is 11.9 Å². The van der Waals surface area contributed by atoms with Crippen LogP contribution in [0.3, 0.4) is 0 Å². The molecule has 206 valence electrons. The Balaban J connectivity index is 0.000000550. The molecule has 2 aromatic rings. The van der Waals surface area contributed by atoms with Gasteiger partial charge in [-0.15, -0.1) is 0 Å². The van der Waals surface area contributed by atoms with Crippen LogP contribution in [0.4, 0.5) is 11.4 Å². The summed E-state index contributed by atoms with van der Waals surface area (Å²) >= 11 is 1.79. The van der Waals surface area contributed by atoms with Gasteiger partial charge in [0, 0.05) is 46.6 Å². The Labute approximate surface area is 229 Å². The van der Waals surface area contributed by atoms with E-state index in [1.807, 2.05) is 6.07 Å². The van der Waals surface area contributed by atoms with E-state index >= 15 is 0 Å². The van der Waals surface area contributed by atoms with E-state index in [1.54, 1.807) is 11.8 Å². The molecule has 0 saturated carbocycles. The van der Waals surface area contributed by atoms with E-state index in [-0.39, 0.29) is 5.91 Å². The summed E-state index contributed by atoms with van der Waals surface area (Å²) in [5.74, 6) is -1.92. The lowest BCUT2D eigenvalue weighted by molar-refractivity contribution is -0.134. The molecule has 1 aliphatic rings. The second kappa shape index (κ2) is 15.2. The molecule has 0 aliphatic carbocycles. The van der Waals surface area contributed by atoms with Crippen molar-refractivity contribution in [2.45, 2.75) is 56.9 Å². The molecule has 0 radical (unpaired) electrons. The van der Waals surface area contributed by atoms with Gasteiger partial charge in [0.1, 0.15) is 0 Å². The molecule has 0 saturated heterocycles. The first kappa shape index (κ1) is 30.9. The molecule has 1 amide bonds. The van der Waals surface area contributed by atoms with Crippen molar-refractivity contribution >= 4 is 41.0 Å². The standard InChI is InChI=1S/C25H35N3OS.C4H4O4/c1-6-27(7-2)17-19(5)28-21-10-8-9-11-23(21)30-24-13-12-20(16-22(24)28)25(29)26-15-14-18(3)4;5-3(6)1-2-4(7)8/h8-13,16,18-19H,6-7,14-15,17H2,1-5H3,(H,26,29);1-2H,(H,5,6)(H,7,8). The van der Waals surface area contributed by atoms with Gasteiger partial charge in [-0.05, 0) is 62.7 Å². The molecule has 3 rings (SSSR count). The molecular weight excluding hydrogens is 502 g/mol. The van der Waals surface area contributed by atoms with Crippen molar-refractivity contribution in [3.63, 3.8) is 0 Å². The highest BCUT2D eigenvalue weighted by Gasteiger charge is 2.28. The average Bonchev–Trinajstić information content (AvgIpc) is 2.88. The van der Waals surface area contributed by atoms with Gasteiger partial charge >= 0.3 is 11.9 Å². The number of likely N-dealkylation sites (N-methyl/N-ethyl adjacent to an activating group) is 1. The van der Waals surface area contributed by atoms with Crippen LogP contribution in [0, 0.1) is 5.92 Å². The van der Waals surface area contributed by atoms with E-state index in [2.05, 4.69) is 86.1 Å². The van der Waals surface area contributed by atoms with Crippen LogP contribution in [0.15, 0.2) is 64.4 Å². The molecule has 1 unspecified atom stereocenters. The molecule has 2 aromatic carbocycles. The van der Waals surface area contributed by atoms with Crippen LogP contribution in [0.25, 0.3) is 0 Å². The maximum absolute atomic E-state index is 12.8. The molecular formula is C29H39N3O5S. The number of hydrogen-bond donors (Lipinski definition) is 3. The van der Waals surface area contributed by atoms with Crippen LogP contribution in [0.5, 0.6) is 0 Å². The Morgan fingerprint density at radius 2 is 1.55 bits per heavy atom. The number of carbonyl (C=O) groups is 3. The molecule has 0 aromatic heterocycles. The first-order valence-corrected chi connectivity index (χ1v) is 13.7. The van der Waals surface area contributed by atoms with E-state index in [0.717, 1.165) is 37.3 Å². The summed E-state index contributed by atoms with van der Waals surface area (Å²) in [5.41, 5.74) is 3.10. The SMILES string of the molecule is CCN(CC)CC(C)N1c2ccccc2Sc2ccc(C(=O)NCCC(C)C)cc21.O=C(O)C=CC(=O)O. The number of nitrogens with one attached hydrogen (secondary N) is 1. The van der Waals surface area contributed by atoms with Gasteiger partial charge in [-0.1, -0.05) is 51.6 Å². The first-order chi connectivity index (χ1) is 18.1. The number of nitrogens with zero attached hydrogens (tertiary/aromatic N) is 2. The highest BCUT2D eigenvalue weighted by molar-refractivity contribution is 7.99. The second-order valence-electron chi connectivity index (χ2n) is 9.41. The smallest absolute Gasteiger partial charge is 0.328 e. The third-order valence-corrected chi connectivity index (χ3v) is 7.19. The van der Waals surface area contributed by atoms with Crippen LogP contribution in [0.2, 0.25) is 0 Å². The molecule has 0 spiro atoms. The highest BCUT2D eigenvalue weighted by Crippen LogP contribution is 2.49. The Hall–Kier alpha value is -3.30. The first-order valence-electron chi connectivity index (χ1n) is 12.9. The Morgan fingerprint density at radius 3 is 2.13 bits per heavy atom. The monoisotopic (exact) mass is 541 g/mol.